The van der Waals surface area contributed by atoms with Crippen LogP contribution in [0.25, 0.3) is 10.9 Å². The monoisotopic (exact) mass is 427 g/mol. The Hall–Kier alpha value is -3.94. The van der Waals surface area contributed by atoms with Crippen LogP contribution in [0.15, 0.2) is 67.0 Å². The van der Waals surface area contributed by atoms with Gasteiger partial charge in [0.2, 0.25) is 5.91 Å². The minimum atomic E-state index is 0.169. The standard InChI is InChI=1S/C24H25N7O/c1-29-17-18(19-6-2-3-7-20(19)29)16-24(32)31-14-12-30(13-15-31)23-10-9-22(27-28-23)26-21-8-4-5-11-25-21/h2-11,17H,12-16H2,1H3,(H,25,26,27). The van der Waals surface area contributed by atoms with Crippen molar-refractivity contribution in [3.05, 3.63) is 72.6 Å². The molecule has 5 rings (SSSR count). The molecule has 0 spiro atoms. The van der Waals surface area contributed by atoms with Gasteiger partial charge in [-0.05, 0) is 35.9 Å². The third-order valence-corrected chi connectivity index (χ3v) is 5.85. The summed E-state index contributed by atoms with van der Waals surface area (Å²) in [7, 11) is 2.02. The molecule has 162 valence electrons. The normalized spacial score (nSPS) is 14.0. The summed E-state index contributed by atoms with van der Waals surface area (Å²) in [6.07, 6.45) is 4.22. The van der Waals surface area contributed by atoms with Crippen molar-refractivity contribution in [3.63, 3.8) is 0 Å². The van der Waals surface area contributed by atoms with Crippen LogP contribution in [-0.2, 0) is 18.3 Å². The van der Waals surface area contributed by atoms with Crippen molar-refractivity contribution in [1.82, 2.24) is 24.6 Å². The number of piperazine rings is 1. The Labute approximate surface area is 186 Å². The molecule has 8 heteroatoms. The van der Waals surface area contributed by atoms with Crippen LogP contribution in [-0.4, -0.2) is 56.7 Å². The molecular formula is C24H25N7O. The Morgan fingerprint density at radius 2 is 1.75 bits per heavy atom. The van der Waals surface area contributed by atoms with Crippen LogP contribution in [0.1, 0.15) is 5.56 Å². The van der Waals surface area contributed by atoms with Crippen LogP contribution < -0.4 is 10.2 Å². The van der Waals surface area contributed by atoms with Crippen LogP contribution in [0.4, 0.5) is 17.5 Å². The highest BCUT2D eigenvalue weighted by molar-refractivity contribution is 5.89. The van der Waals surface area contributed by atoms with Gasteiger partial charge >= 0.3 is 0 Å². The first-order valence-electron chi connectivity index (χ1n) is 10.7. The van der Waals surface area contributed by atoms with Crippen molar-refractivity contribution in [1.29, 1.82) is 0 Å². The number of para-hydroxylation sites is 1. The van der Waals surface area contributed by atoms with E-state index < -0.39 is 0 Å². The maximum atomic E-state index is 12.9. The summed E-state index contributed by atoms with van der Waals surface area (Å²) in [5.41, 5.74) is 2.23. The molecule has 0 radical (unpaired) electrons. The summed E-state index contributed by atoms with van der Waals surface area (Å²) < 4.78 is 2.08. The molecule has 1 saturated heterocycles. The number of pyridine rings is 1. The Bertz CT molecular complexity index is 1210. The largest absolute Gasteiger partial charge is 0.352 e. The van der Waals surface area contributed by atoms with Gasteiger partial charge in [0, 0.05) is 56.5 Å². The van der Waals surface area contributed by atoms with E-state index in [0.29, 0.717) is 25.3 Å². The first kappa shape index (κ1) is 20.0. The number of amides is 1. The number of carbonyl (C=O) groups is 1. The van der Waals surface area contributed by atoms with Gasteiger partial charge in [-0.1, -0.05) is 24.3 Å². The van der Waals surface area contributed by atoms with Gasteiger partial charge in [-0.15, -0.1) is 10.2 Å². The molecule has 8 nitrogen and oxygen atoms in total. The van der Waals surface area contributed by atoms with Gasteiger partial charge in [0.25, 0.3) is 0 Å². The second kappa shape index (κ2) is 8.66. The quantitative estimate of drug-likeness (QED) is 0.528. The van der Waals surface area contributed by atoms with Crippen LogP contribution >= 0.6 is 0 Å². The van der Waals surface area contributed by atoms with E-state index in [1.165, 1.54) is 0 Å². The number of aromatic nitrogens is 4. The van der Waals surface area contributed by atoms with Crippen molar-refractivity contribution < 1.29 is 4.79 Å². The number of carbonyl (C=O) groups excluding carboxylic acids is 1. The minimum absolute atomic E-state index is 0.169. The summed E-state index contributed by atoms with van der Waals surface area (Å²) >= 11 is 0. The van der Waals surface area contributed by atoms with Gasteiger partial charge in [0.1, 0.15) is 5.82 Å². The highest BCUT2D eigenvalue weighted by Crippen LogP contribution is 2.22. The molecule has 4 heterocycles. The van der Waals surface area contributed by atoms with Gasteiger partial charge in [0.15, 0.2) is 11.6 Å². The molecular weight excluding hydrogens is 402 g/mol. The Balaban J connectivity index is 1.18. The highest BCUT2D eigenvalue weighted by Gasteiger charge is 2.23. The number of anilines is 3. The summed E-state index contributed by atoms with van der Waals surface area (Å²) in [4.78, 5) is 21.3. The molecule has 0 atom stereocenters. The summed E-state index contributed by atoms with van der Waals surface area (Å²) in [5, 5.41) is 12.9. The van der Waals surface area contributed by atoms with Gasteiger partial charge in [-0.25, -0.2) is 4.98 Å². The maximum Gasteiger partial charge on any atom is 0.227 e. The average Bonchev–Trinajstić information content (AvgIpc) is 3.16. The SMILES string of the molecule is Cn1cc(CC(=O)N2CCN(c3ccc(Nc4ccccn4)nn3)CC2)c2ccccc21. The predicted octanol–water partition coefficient (Wildman–Crippen LogP) is 3.00. The second-order valence-electron chi connectivity index (χ2n) is 7.94. The molecule has 1 aromatic carbocycles. The molecule has 0 saturated carbocycles. The van der Waals surface area contributed by atoms with Gasteiger partial charge in [-0.3, -0.25) is 4.79 Å². The molecule has 32 heavy (non-hydrogen) atoms. The summed E-state index contributed by atoms with van der Waals surface area (Å²) in [6, 6.07) is 17.7. The molecule has 1 aliphatic rings. The summed E-state index contributed by atoms with van der Waals surface area (Å²) in [5.74, 6) is 2.36. The van der Waals surface area contributed by atoms with E-state index in [1.807, 2.05) is 54.4 Å². The molecule has 4 aromatic rings. The van der Waals surface area contributed by atoms with Gasteiger partial charge in [-0.2, -0.15) is 0 Å². The van der Waals surface area contributed by atoms with Gasteiger partial charge < -0.3 is 19.7 Å². The Kier molecular flexibility index (Phi) is 5.41. The van der Waals surface area contributed by atoms with Crippen molar-refractivity contribution in [3.8, 4) is 0 Å². The maximum absolute atomic E-state index is 12.9. The third-order valence-electron chi connectivity index (χ3n) is 5.85. The van der Waals surface area contributed by atoms with E-state index in [9.17, 15) is 4.79 Å². The fourth-order valence-electron chi connectivity index (χ4n) is 4.15. The lowest BCUT2D eigenvalue weighted by Gasteiger charge is -2.35. The van der Waals surface area contributed by atoms with E-state index in [1.54, 1.807) is 6.20 Å². The fraction of sp³-hybridized carbons (Fsp3) is 0.250. The Morgan fingerprint density at radius 1 is 0.938 bits per heavy atom. The van der Waals surface area contributed by atoms with E-state index >= 15 is 0 Å². The Morgan fingerprint density at radius 3 is 2.50 bits per heavy atom. The average molecular weight is 428 g/mol. The number of fused-ring (bicyclic) bond motifs is 1. The molecule has 0 aliphatic carbocycles. The van der Waals surface area contributed by atoms with Gasteiger partial charge in [0.05, 0.1) is 6.42 Å². The molecule has 1 amide bonds. The first-order valence-corrected chi connectivity index (χ1v) is 10.7. The lowest BCUT2D eigenvalue weighted by molar-refractivity contribution is -0.130. The molecule has 1 fully saturated rings. The zero-order valence-electron chi connectivity index (χ0n) is 18.0. The number of hydrogen-bond donors (Lipinski definition) is 1. The molecule has 0 unspecified atom stereocenters. The highest BCUT2D eigenvalue weighted by atomic mass is 16.2. The van der Waals surface area contributed by atoms with E-state index in [-0.39, 0.29) is 5.91 Å². The van der Waals surface area contributed by atoms with Crippen LogP contribution in [0.2, 0.25) is 0 Å². The molecule has 3 aromatic heterocycles. The predicted molar refractivity (Wildman–Crippen MR) is 125 cm³/mol. The second-order valence-corrected chi connectivity index (χ2v) is 7.94. The minimum Gasteiger partial charge on any atom is -0.352 e. The van der Waals surface area contributed by atoms with Crippen molar-refractivity contribution in [2.45, 2.75) is 6.42 Å². The third kappa shape index (κ3) is 4.12. The number of benzene rings is 1. The van der Waals surface area contributed by atoms with Crippen molar-refractivity contribution >= 4 is 34.3 Å². The smallest absolute Gasteiger partial charge is 0.227 e. The zero-order valence-corrected chi connectivity index (χ0v) is 18.0. The number of nitrogens with one attached hydrogen (secondary N) is 1. The number of rotatable bonds is 5. The number of hydrogen-bond acceptors (Lipinski definition) is 6. The lowest BCUT2D eigenvalue weighted by Crippen LogP contribution is -2.49. The molecule has 1 aliphatic heterocycles. The molecule has 0 bridgehead atoms. The zero-order chi connectivity index (χ0) is 21.9. The number of aryl methyl sites for hydroxylation is 1. The first-order chi connectivity index (χ1) is 15.7. The van der Waals surface area contributed by atoms with Crippen LogP contribution in [0.3, 0.4) is 0 Å². The van der Waals surface area contributed by atoms with Crippen LogP contribution in [0, 0.1) is 0 Å². The van der Waals surface area contributed by atoms with E-state index in [2.05, 4.69) is 48.3 Å². The van der Waals surface area contributed by atoms with Crippen molar-refractivity contribution in [2.24, 2.45) is 7.05 Å². The number of nitrogens with zero attached hydrogens (tertiary/aromatic N) is 6. The van der Waals surface area contributed by atoms with Crippen molar-refractivity contribution in [2.75, 3.05) is 36.4 Å². The topological polar surface area (TPSA) is 79.2 Å². The van der Waals surface area contributed by atoms with Crippen LogP contribution in [0.5, 0.6) is 0 Å². The van der Waals surface area contributed by atoms with E-state index in [0.717, 1.165) is 41.2 Å². The molecule has 1 N–H and O–H groups in total. The summed E-state index contributed by atoms with van der Waals surface area (Å²) in [6.45, 7) is 2.84. The fourth-order valence-corrected chi connectivity index (χ4v) is 4.15. The lowest BCUT2D eigenvalue weighted by atomic mass is 10.1. The van der Waals surface area contributed by atoms with E-state index in [4.69, 9.17) is 0 Å².